The molecular weight excluding hydrogens is 331 g/mol. The van der Waals surface area contributed by atoms with Crippen molar-refractivity contribution in [3.05, 3.63) is 59.7 Å². The van der Waals surface area contributed by atoms with Crippen LogP contribution in [0.3, 0.4) is 0 Å². The predicted molar refractivity (Wildman–Crippen MR) is 79.9 cm³/mol. The van der Waals surface area contributed by atoms with E-state index in [9.17, 15) is 18.0 Å². The van der Waals surface area contributed by atoms with E-state index in [-0.39, 0.29) is 17.1 Å². The van der Waals surface area contributed by atoms with E-state index in [4.69, 9.17) is 16.3 Å². The second-order valence-corrected chi connectivity index (χ2v) is 5.26. The molecule has 0 aromatic heterocycles. The van der Waals surface area contributed by atoms with Crippen LogP contribution in [0.15, 0.2) is 48.5 Å². The van der Waals surface area contributed by atoms with E-state index in [1.54, 1.807) is 24.3 Å². The molecule has 0 fully saturated rings. The lowest BCUT2D eigenvalue weighted by Gasteiger charge is -2.37. The molecule has 1 heterocycles. The number of carbonyl (C=O) groups excluding carboxylic acids is 1. The Kier molecular flexibility index (Phi) is 3.93. The maximum Gasteiger partial charge on any atom is 0.416 e. The normalized spacial score (nSPS) is 17.7. The SMILES string of the molecule is O=C1OC(CCl)N(c2cccc(C(F)(F)F)c2)c2ccccc21. The number of para-hydroxylation sites is 1. The number of esters is 1. The minimum absolute atomic E-state index is 0.0731. The number of hydrogen-bond acceptors (Lipinski definition) is 3. The van der Waals surface area contributed by atoms with Crippen LogP contribution >= 0.6 is 11.6 Å². The minimum Gasteiger partial charge on any atom is -0.436 e. The van der Waals surface area contributed by atoms with Crippen molar-refractivity contribution in [3.63, 3.8) is 0 Å². The zero-order valence-electron chi connectivity index (χ0n) is 11.7. The summed E-state index contributed by atoms with van der Waals surface area (Å²) in [5, 5.41) is 0. The lowest BCUT2D eigenvalue weighted by Crippen LogP contribution is -2.41. The number of benzene rings is 2. The monoisotopic (exact) mass is 341 g/mol. The van der Waals surface area contributed by atoms with E-state index in [2.05, 4.69) is 0 Å². The van der Waals surface area contributed by atoms with Crippen LogP contribution in [0.5, 0.6) is 0 Å². The second kappa shape index (κ2) is 5.77. The number of alkyl halides is 4. The average molecular weight is 342 g/mol. The summed E-state index contributed by atoms with van der Waals surface area (Å²) >= 11 is 5.85. The maximum atomic E-state index is 12.9. The van der Waals surface area contributed by atoms with Crippen LogP contribution in [0.1, 0.15) is 15.9 Å². The first-order valence-electron chi connectivity index (χ1n) is 6.74. The summed E-state index contributed by atoms with van der Waals surface area (Å²) in [6.07, 6.45) is -5.33. The molecule has 1 aliphatic rings. The van der Waals surface area contributed by atoms with Gasteiger partial charge in [0.1, 0.15) is 0 Å². The quantitative estimate of drug-likeness (QED) is 0.591. The van der Waals surface area contributed by atoms with Gasteiger partial charge < -0.3 is 9.64 Å². The number of fused-ring (bicyclic) bond motifs is 1. The molecule has 0 aliphatic carbocycles. The van der Waals surface area contributed by atoms with E-state index in [0.717, 1.165) is 12.1 Å². The van der Waals surface area contributed by atoms with Crippen LogP contribution in [-0.2, 0) is 10.9 Å². The highest BCUT2D eigenvalue weighted by Gasteiger charge is 2.35. The van der Waals surface area contributed by atoms with Gasteiger partial charge in [0.15, 0.2) is 6.23 Å². The highest BCUT2D eigenvalue weighted by Crippen LogP contribution is 2.38. The highest BCUT2D eigenvalue weighted by molar-refractivity contribution is 6.18. The maximum absolute atomic E-state index is 12.9. The third-order valence-electron chi connectivity index (χ3n) is 3.50. The van der Waals surface area contributed by atoms with Gasteiger partial charge in [-0.1, -0.05) is 18.2 Å². The number of rotatable bonds is 2. The van der Waals surface area contributed by atoms with Gasteiger partial charge in [-0.15, -0.1) is 11.6 Å². The van der Waals surface area contributed by atoms with Gasteiger partial charge in [-0.2, -0.15) is 13.2 Å². The van der Waals surface area contributed by atoms with Crippen LogP contribution in [0.4, 0.5) is 24.5 Å². The lowest BCUT2D eigenvalue weighted by atomic mass is 10.1. The van der Waals surface area contributed by atoms with Crippen LogP contribution in [0.2, 0.25) is 0 Å². The molecule has 1 unspecified atom stereocenters. The molecule has 0 amide bonds. The number of nitrogens with zero attached hydrogens (tertiary/aromatic N) is 1. The van der Waals surface area contributed by atoms with Gasteiger partial charge >= 0.3 is 12.1 Å². The predicted octanol–water partition coefficient (Wildman–Crippen LogP) is 4.58. The molecule has 1 atom stereocenters. The van der Waals surface area contributed by atoms with Crippen molar-refractivity contribution in [2.24, 2.45) is 0 Å². The lowest BCUT2D eigenvalue weighted by molar-refractivity contribution is -0.137. The summed E-state index contributed by atoms with van der Waals surface area (Å²) in [5.74, 6) is -0.620. The fourth-order valence-corrected chi connectivity index (χ4v) is 2.69. The molecule has 0 saturated heterocycles. The summed E-state index contributed by atoms with van der Waals surface area (Å²) in [6, 6.07) is 11.4. The Morgan fingerprint density at radius 1 is 1.13 bits per heavy atom. The number of anilines is 2. The Hall–Kier alpha value is -2.21. The number of halogens is 4. The van der Waals surface area contributed by atoms with E-state index in [1.165, 1.54) is 17.0 Å². The average Bonchev–Trinajstić information content (AvgIpc) is 2.54. The molecule has 3 rings (SSSR count). The summed E-state index contributed by atoms with van der Waals surface area (Å²) in [5.41, 5.74) is 0.225. The number of carbonyl (C=O) groups is 1. The van der Waals surface area contributed by atoms with Gasteiger partial charge in [-0.3, -0.25) is 0 Å². The topological polar surface area (TPSA) is 29.5 Å². The fourth-order valence-electron chi connectivity index (χ4n) is 2.49. The Labute approximate surface area is 135 Å². The molecule has 2 aromatic carbocycles. The first-order chi connectivity index (χ1) is 10.9. The van der Waals surface area contributed by atoms with Crippen molar-refractivity contribution < 1.29 is 22.7 Å². The van der Waals surface area contributed by atoms with Crippen LogP contribution in [0, 0.1) is 0 Å². The van der Waals surface area contributed by atoms with Gasteiger partial charge in [-0.25, -0.2) is 4.79 Å². The van der Waals surface area contributed by atoms with Crippen LogP contribution in [0.25, 0.3) is 0 Å². The van der Waals surface area contributed by atoms with Crippen molar-refractivity contribution in [1.29, 1.82) is 0 Å². The minimum atomic E-state index is -4.46. The summed E-state index contributed by atoms with van der Waals surface area (Å²) < 4.78 is 44.1. The van der Waals surface area contributed by atoms with Gasteiger partial charge in [0, 0.05) is 5.69 Å². The second-order valence-electron chi connectivity index (χ2n) is 4.95. The van der Waals surface area contributed by atoms with E-state index in [1.807, 2.05) is 0 Å². The molecule has 2 aromatic rings. The first-order valence-corrected chi connectivity index (χ1v) is 7.28. The van der Waals surface area contributed by atoms with Crippen LogP contribution < -0.4 is 4.90 Å². The Morgan fingerprint density at radius 2 is 1.87 bits per heavy atom. The molecule has 3 nitrogen and oxygen atoms in total. The van der Waals surface area contributed by atoms with Gasteiger partial charge in [0.05, 0.1) is 22.7 Å². The third-order valence-corrected chi connectivity index (χ3v) is 3.76. The van der Waals surface area contributed by atoms with Crippen molar-refractivity contribution >= 4 is 28.9 Å². The van der Waals surface area contributed by atoms with Gasteiger partial charge in [0.25, 0.3) is 0 Å². The molecule has 23 heavy (non-hydrogen) atoms. The van der Waals surface area contributed by atoms with Crippen molar-refractivity contribution in [2.45, 2.75) is 12.4 Å². The highest BCUT2D eigenvalue weighted by atomic mass is 35.5. The van der Waals surface area contributed by atoms with E-state index < -0.39 is 23.9 Å². The first kappa shape index (κ1) is 15.7. The van der Waals surface area contributed by atoms with E-state index >= 15 is 0 Å². The van der Waals surface area contributed by atoms with Crippen molar-refractivity contribution in [3.8, 4) is 0 Å². The zero-order valence-corrected chi connectivity index (χ0v) is 12.4. The summed E-state index contributed by atoms with van der Waals surface area (Å²) in [4.78, 5) is 13.5. The standard InChI is InChI=1S/C16H11ClF3NO2/c17-9-14-21(11-5-3-4-10(8-11)16(18,19)20)13-7-2-1-6-12(13)15(22)23-14/h1-8,14H,9H2. The molecule has 1 aliphatic heterocycles. The third kappa shape index (κ3) is 2.86. The number of ether oxygens (including phenoxy) is 1. The van der Waals surface area contributed by atoms with Crippen molar-refractivity contribution in [1.82, 2.24) is 0 Å². The van der Waals surface area contributed by atoms with Crippen LogP contribution in [-0.4, -0.2) is 18.1 Å². The van der Waals surface area contributed by atoms with Gasteiger partial charge in [0.2, 0.25) is 0 Å². The molecule has 7 heteroatoms. The molecule has 120 valence electrons. The Balaban J connectivity index is 2.13. The van der Waals surface area contributed by atoms with E-state index in [0.29, 0.717) is 5.69 Å². The number of hydrogen-bond donors (Lipinski definition) is 0. The van der Waals surface area contributed by atoms with Gasteiger partial charge in [-0.05, 0) is 30.3 Å². The molecule has 0 radical (unpaired) electrons. The summed E-state index contributed by atoms with van der Waals surface area (Å²) in [6.45, 7) is 0. The Morgan fingerprint density at radius 3 is 2.57 bits per heavy atom. The molecule has 0 N–H and O–H groups in total. The molecule has 0 saturated carbocycles. The summed E-state index contributed by atoms with van der Waals surface area (Å²) in [7, 11) is 0. The zero-order chi connectivity index (χ0) is 16.6. The van der Waals surface area contributed by atoms with Crippen molar-refractivity contribution in [2.75, 3.05) is 10.8 Å². The molecule has 0 spiro atoms. The molecular formula is C16H11ClF3NO2. The Bertz CT molecular complexity index is 748. The largest absolute Gasteiger partial charge is 0.436 e. The smallest absolute Gasteiger partial charge is 0.416 e. The number of cyclic esters (lactones) is 1. The molecule has 0 bridgehead atoms. The fraction of sp³-hybridized carbons (Fsp3) is 0.188.